The van der Waals surface area contributed by atoms with E-state index in [1.165, 1.54) is 5.56 Å². The molecular formula is C25H29N5O4. The lowest BCUT2D eigenvalue weighted by Crippen LogP contribution is -2.38. The van der Waals surface area contributed by atoms with Gasteiger partial charge in [0.25, 0.3) is 0 Å². The van der Waals surface area contributed by atoms with Crippen molar-refractivity contribution < 1.29 is 19.1 Å². The van der Waals surface area contributed by atoms with Crippen LogP contribution in [0.3, 0.4) is 0 Å². The number of imidazole rings is 1. The number of carbonyl (C=O) groups is 2. The number of nitrogens with one attached hydrogen (secondary N) is 1. The number of hydrogen-bond acceptors (Lipinski definition) is 6. The van der Waals surface area contributed by atoms with E-state index in [9.17, 15) is 9.59 Å². The van der Waals surface area contributed by atoms with Crippen molar-refractivity contribution in [2.45, 2.75) is 39.4 Å². The Balaban J connectivity index is 1.43. The van der Waals surface area contributed by atoms with Crippen LogP contribution < -0.4 is 14.8 Å². The molecule has 3 heterocycles. The van der Waals surface area contributed by atoms with Crippen molar-refractivity contribution in [3.05, 3.63) is 71.1 Å². The molecule has 9 heteroatoms. The second-order valence-corrected chi connectivity index (χ2v) is 8.26. The highest BCUT2D eigenvalue weighted by Gasteiger charge is 2.25. The molecule has 0 radical (unpaired) electrons. The minimum absolute atomic E-state index is 0.0213. The zero-order valence-electron chi connectivity index (χ0n) is 19.7. The Kier molecular flexibility index (Phi) is 7.10. The van der Waals surface area contributed by atoms with Gasteiger partial charge in [0.15, 0.2) is 0 Å². The molecule has 3 aromatic rings. The number of hydrogen-bond donors (Lipinski definition) is 1. The maximum absolute atomic E-state index is 13.1. The Bertz CT molecular complexity index is 1180. The fourth-order valence-corrected chi connectivity index (χ4v) is 4.25. The number of pyridine rings is 1. The Morgan fingerprint density at radius 2 is 2.06 bits per heavy atom. The average molecular weight is 464 g/mol. The normalized spacial score (nSPS) is 12.7. The van der Waals surface area contributed by atoms with E-state index in [2.05, 4.69) is 15.3 Å². The number of amides is 2. The lowest BCUT2D eigenvalue weighted by molar-refractivity contribution is -0.131. The highest BCUT2D eigenvalue weighted by atomic mass is 16.5. The summed E-state index contributed by atoms with van der Waals surface area (Å²) in [6, 6.07) is 5.46. The molecule has 1 aliphatic rings. The fourth-order valence-electron chi connectivity index (χ4n) is 4.25. The number of benzene rings is 1. The molecule has 1 aliphatic heterocycles. The van der Waals surface area contributed by atoms with E-state index in [4.69, 9.17) is 9.47 Å². The van der Waals surface area contributed by atoms with Crippen LogP contribution >= 0.6 is 0 Å². The van der Waals surface area contributed by atoms with Gasteiger partial charge < -0.3 is 24.3 Å². The quantitative estimate of drug-likeness (QED) is 0.549. The molecule has 1 aromatic carbocycles. The van der Waals surface area contributed by atoms with Crippen molar-refractivity contribution in [1.82, 2.24) is 24.8 Å². The van der Waals surface area contributed by atoms with Gasteiger partial charge in [-0.25, -0.2) is 4.98 Å². The summed E-state index contributed by atoms with van der Waals surface area (Å²) in [5.74, 6) is 1.28. The summed E-state index contributed by atoms with van der Waals surface area (Å²) in [4.78, 5) is 35.8. The van der Waals surface area contributed by atoms with Gasteiger partial charge in [0.2, 0.25) is 11.8 Å². The van der Waals surface area contributed by atoms with Crippen LogP contribution in [0.2, 0.25) is 0 Å². The van der Waals surface area contributed by atoms with Crippen molar-refractivity contribution in [1.29, 1.82) is 0 Å². The van der Waals surface area contributed by atoms with Gasteiger partial charge in [0.05, 0.1) is 27.0 Å². The van der Waals surface area contributed by atoms with Crippen LogP contribution in [0.25, 0.3) is 0 Å². The first-order valence-electron chi connectivity index (χ1n) is 11.2. The van der Waals surface area contributed by atoms with Crippen molar-refractivity contribution in [2.75, 3.05) is 20.8 Å². The average Bonchev–Trinajstić information content (AvgIpc) is 3.36. The van der Waals surface area contributed by atoms with Gasteiger partial charge >= 0.3 is 0 Å². The predicted octanol–water partition coefficient (Wildman–Crippen LogP) is 2.05. The molecule has 0 atom stereocenters. The second kappa shape index (κ2) is 10.4. The molecule has 4 rings (SSSR count). The molecule has 2 aromatic heterocycles. The summed E-state index contributed by atoms with van der Waals surface area (Å²) in [6.45, 7) is 3.67. The van der Waals surface area contributed by atoms with Gasteiger partial charge in [0, 0.05) is 49.5 Å². The minimum atomic E-state index is -0.0881. The van der Waals surface area contributed by atoms with Gasteiger partial charge in [-0.2, -0.15) is 0 Å². The van der Waals surface area contributed by atoms with Gasteiger partial charge in [-0.05, 0) is 48.2 Å². The summed E-state index contributed by atoms with van der Waals surface area (Å²) >= 11 is 0. The number of nitrogens with zero attached hydrogens (tertiary/aromatic N) is 4. The largest absolute Gasteiger partial charge is 0.497 e. The lowest BCUT2D eigenvalue weighted by atomic mass is 9.94. The van der Waals surface area contributed by atoms with Crippen LogP contribution in [-0.4, -0.2) is 52.0 Å². The molecule has 0 saturated heterocycles. The smallest absolute Gasteiger partial charge is 0.240 e. The van der Waals surface area contributed by atoms with E-state index in [1.807, 2.05) is 36.2 Å². The molecule has 0 saturated carbocycles. The van der Waals surface area contributed by atoms with E-state index in [0.29, 0.717) is 37.6 Å². The van der Waals surface area contributed by atoms with E-state index in [-0.39, 0.29) is 24.8 Å². The third-order valence-corrected chi connectivity index (χ3v) is 6.13. The van der Waals surface area contributed by atoms with E-state index in [1.54, 1.807) is 37.5 Å². The Morgan fingerprint density at radius 1 is 1.21 bits per heavy atom. The maximum atomic E-state index is 13.1. The third-order valence-electron chi connectivity index (χ3n) is 6.13. The first kappa shape index (κ1) is 23.3. The van der Waals surface area contributed by atoms with Crippen LogP contribution in [-0.2, 0) is 42.1 Å². The molecule has 0 spiro atoms. The Morgan fingerprint density at radius 3 is 2.79 bits per heavy atom. The molecule has 0 aliphatic carbocycles. The van der Waals surface area contributed by atoms with Crippen LogP contribution in [0.5, 0.6) is 11.5 Å². The van der Waals surface area contributed by atoms with Crippen LogP contribution in [0, 0.1) is 6.92 Å². The van der Waals surface area contributed by atoms with Gasteiger partial charge in [-0.3, -0.25) is 14.6 Å². The zero-order valence-corrected chi connectivity index (χ0v) is 19.7. The standard InChI is InChI=1S/C25H29N5O4/c1-17-22(13-28-24(31)15-29-9-7-26-16-29)21-6-8-30(14-19(21)12-27-17)25(32)11-18-10-20(33-2)4-5-23(18)34-3/h4-5,7,9-10,12,16H,6,8,11,13-15H2,1-3H3,(H,28,31). The molecule has 0 unspecified atom stereocenters. The van der Waals surface area contributed by atoms with Crippen LogP contribution in [0.4, 0.5) is 0 Å². The van der Waals surface area contributed by atoms with Crippen molar-refractivity contribution in [3.8, 4) is 11.5 Å². The molecule has 1 N–H and O–H groups in total. The molecule has 178 valence electrons. The van der Waals surface area contributed by atoms with Gasteiger partial charge in [0.1, 0.15) is 18.0 Å². The summed E-state index contributed by atoms with van der Waals surface area (Å²) in [5, 5.41) is 2.98. The number of rotatable bonds is 8. The van der Waals surface area contributed by atoms with Crippen molar-refractivity contribution >= 4 is 11.8 Å². The zero-order chi connectivity index (χ0) is 24.1. The number of fused-ring (bicyclic) bond motifs is 1. The number of aromatic nitrogens is 3. The van der Waals surface area contributed by atoms with Crippen LogP contribution in [0.1, 0.15) is 27.9 Å². The Labute approximate surface area is 198 Å². The highest BCUT2D eigenvalue weighted by Crippen LogP contribution is 2.27. The first-order valence-corrected chi connectivity index (χ1v) is 11.2. The Hall–Kier alpha value is -3.88. The van der Waals surface area contributed by atoms with E-state index < -0.39 is 0 Å². The van der Waals surface area contributed by atoms with E-state index in [0.717, 1.165) is 22.4 Å². The summed E-state index contributed by atoms with van der Waals surface area (Å²) in [6.07, 6.45) is 7.80. The van der Waals surface area contributed by atoms with Gasteiger partial charge in [-0.1, -0.05) is 0 Å². The first-order chi connectivity index (χ1) is 16.5. The third kappa shape index (κ3) is 5.19. The molecule has 34 heavy (non-hydrogen) atoms. The molecule has 9 nitrogen and oxygen atoms in total. The molecule has 0 fully saturated rings. The topological polar surface area (TPSA) is 98.6 Å². The number of methoxy groups -OCH3 is 2. The van der Waals surface area contributed by atoms with E-state index >= 15 is 0 Å². The molecule has 2 amide bonds. The summed E-state index contributed by atoms with van der Waals surface area (Å²) in [7, 11) is 3.19. The number of aryl methyl sites for hydroxylation is 1. The summed E-state index contributed by atoms with van der Waals surface area (Å²) in [5.41, 5.74) is 4.89. The minimum Gasteiger partial charge on any atom is -0.497 e. The molecule has 0 bridgehead atoms. The fraction of sp³-hybridized carbons (Fsp3) is 0.360. The maximum Gasteiger partial charge on any atom is 0.240 e. The second-order valence-electron chi connectivity index (χ2n) is 8.26. The number of ether oxygens (including phenoxy) is 2. The molecular weight excluding hydrogens is 434 g/mol. The SMILES string of the molecule is COc1ccc(OC)c(CC(=O)N2CCc3c(cnc(C)c3CNC(=O)Cn3ccnc3)C2)c1. The van der Waals surface area contributed by atoms with Crippen molar-refractivity contribution in [2.24, 2.45) is 0 Å². The summed E-state index contributed by atoms with van der Waals surface area (Å²) < 4.78 is 12.4. The highest BCUT2D eigenvalue weighted by molar-refractivity contribution is 5.80. The van der Waals surface area contributed by atoms with Gasteiger partial charge in [-0.15, -0.1) is 0 Å². The lowest BCUT2D eigenvalue weighted by Gasteiger charge is -2.31. The van der Waals surface area contributed by atoms with Crippen LogP contribution in [0.15, 0.2) is 43.1 Å². The number of carbonyl (C=O) groups excluding carboxylic acids is 2. The van der Waals surface area contributed by atoms with Crippen molar-refractivity contribution in [3.63, 3.8) is 0 Å². The monoisotopic (exact) mass is 463 g/mol. The predicted molar refractivity (Wildman–Crippen MR) is 125 cm³/mol.